The lowest BCUT2D eigenvalue weighted by Gasteiger charge is -2.34. The number of hydrogen-bond acceptors (Lipinski definition) is 4. The van der Waals surface area contributed by atoms with Crippen LogP contribution in [0.5, 0.6) is 5.75 Å². The zero-order valence-electron chi connectivity index (χ0n) is 15.0. The molecule has 27 heavy (non-hydrogen) atoms. The van der Waals surface area contributed by atoms with Gasteiger partial charge in [-0.3, -0.25) is 14.5 Å². The van der Waals surface area contributed by atoms with Crippen LogP contribution < -0.4 is 4.74 Å². The number of benzene rings is 2. The predicted molar refractivity (Wildman–Crippen MR) is 96.0 cm³/mol. The van der Waals surface area contributed by atoms with Crippen LogP contribution >= 0.6 is 0 Å². The fraction of sp³-hybridized carbons (Fsp3) is 0.300. The first kappa shape index (κ1) is 19.0. The van der Waals surface area contributed by atoms with E-state index in [-0.39, 0.29) is 23.8 Å². The van der Waals surface area contributed by atoms with E-state index < -0.39 is 11.6 Å². The summed E-state index contributed by atoms with van der Waals surface area (Å²) in [5, 5.41) is 0. The number of piperazine rings is 1. The molecule has 1 saturated heterocycles. The molecule has 0 aromatic heterocycles. The molecule has 142 valence electrons. The van der Waals surface area contributed by atoms with Gasteiger partial charge in [0, 0.05) is 37.3 Å². The van der Waals surface area contributed by atoms with Crippen molar-refractivity contribution in [1.29, 1.82) is 0 Å². The van der Waals surface area contributed by atoms with Crippen molar-refractivity contribution in [2.75, 3.05) is 39.8 Å². The maximum Gasteiger partial charge on any atom is 0.254 e. The van der Waals surface area contributed by atoms with E-state index in [0.29, 0.717) is 37.5 Å². The average molecular weight is 374 g/mol. The van der Waals surface area contributed by atoms with Gasteiger partial charge in [-0.05, 0) is 42.5 Å². The molecule has 0 aliphatic carbocycles. The van der Waals surface area contributed by atoms with Gasteiger partial charge >= 0.3 is 0 Å². The van der Waals surface area contributed by atoms with Crippen LogP contribution in [0.3, 0.4) is 0 Å². The SMILES string of the molecule is COc1ccc(C(=O)CN2CCN(C(=O)c3ccc(F)c(F)c3)CC2)cc1. The lowest BCUT2D eigenvalue weighted by Crippen LogP contribution is -2.49. The number of ketones is 1. The first-order valence-electron chi connectivity index (χ1n) is 8.62. The van der Waals surface area contributed by atoms with Gasteiger partial charge in [0.2, 0.25) is 0 Å². The molecule has 1 aliphatic heterocycles. The third kappa shape index (κ3) is 4.49. The molecule has 7 heteroatoms. The van der Waals surface area contributed by atoms with Crippen LogP contribution in [-0.2, 0) is 0 Å². The van der Waals surface area contributed by atoms with Gasteiger partial charge in [-0.25, -0.2) is 8.78 Å². The normalized spacial score (nSPS) is 14.9. The Labute approximate surface area is 156 Å². The average Bonchev–Trinajstić information content (AvgIpc) is 2.70. The summed E-state index contributed by atoms with van der Waals surface area (Å²) in [4.78, 5) is 28.4. The number of hydrogen-bond donors (Lipinski definition) is 0. The summed E-state index contributed by atoms with van der Waals surface area (Å²) in [5.74, 6) is -1.66. The van der Waals surface area contributed by atoms with E-state index in [1.54, 1.807) is 36.3 Å². The first-order valence-corrected chi connectivity index (χ1v) is 8.62. The predicted octanol–water partition coefficient (Wildman–Crippen LogP) is 2.61. The van der Waals surface area contributed by atoms with Crippen molar-refractivity contribution >= 4 is 11.7 Å². The molecule has 0 unspecified atom stereocenters. The summed E-state index contributed by atoms with van der Waals surface area (Å²) in [6.45, 7) is 2.19. The van der Waals surface area contributed by atoms with Gasteiger partial charge in [-0.1, -0.05) is 0 Å². The Kier molecular flexibility index (Phi) is 5.81. The second-order valence-corrected chi connectivity index (χ2v) is 6.35. The van der Waals surface area contributed by atoms with E-state index in [1.165, 1.54) is 6.07 Å². The van der Waals surface area contributed by atoms with Crippen LogP contribution in [0.25, 0.3) is 0 Å². The fourth-order valence-electron chi connectivity index (χ4n) is 2.99. The lowest BCUT2D eigenvalue weighted by molar-refractivity contribution is 0.0624. The highest BCUT2D eigenvalue weighted by Crippen LogP contribution is 2.15. The Morgan fingerprint density at radius 3 is 2.15 bits per heavy atom. The Hall–Kier alpha value is -2.80. The molecule has 0 radical (unpaired) electrons. The van der Waals surface area contributed by atoms with Gasteiger partial charge in [-0.2, -0.15) is 0 Å². The van der Waals surface area contributed by atoms with Gasteiger partial charge in [0.05, 0.1) is 13.7 Å². The molecule has 1 fully saturated rings. The van der Waals surface area contributed by atoms with Crippen LogP contribution in [0.4, 0.5) is 8.78 Å². The summed E-state index contributed by atoms with van der Waals surface area (Å²) in [6, 6.07) is 10.1. The number of halogens is 2. The van der Waals surface area contributed by atoms with Crippen molar-refractivity contribution in [2.45, 2.75) is 0 Å². The smallest absolute Gasteiger partial charge is 0.254 e. The first-order chi connectivity index (χ1) is 13.0. The third-order valence-electron chi connectivity index (χ3n) is 4.61. The minimum absolute atomic E-state index is 0.00182. The van der Waals surface area contributed by atoms with E-state index in [9.17, 15) is 18.4 Å². The molecule has 2 aromatic rings. The number of methoxy groups -OCH3 is 1. The topological polar surface area (TPSA) is 49.9 Å². The number of carbonyl (C=O) groups is 2. The van der Waals surface area contributed by atoms with Crippen molar-refractivity contribution in [3.8, 4) is 5.75 Å². The quantitative estimate of drug-likeness (QED) is 0.755. The molecule has 0 N–H and O–H groups in total. The van der Waals surface area contributed by atoms with Gasteiger partial charge in [-0.15, -0.1) is 0 Å². The molecule has 0 spiro atoms. The summed E-state index contributed by atoms with van der Waals surface area (Å²) in [5.41, 5.74) is 0.729. The molecular formula is C20H20F2N2O3. The summed E-state index contributed by atoms with van der Waals surface area (Å²) < 4.78 is 31.4. The minimum Gasteiger partial charge on any atom is -0.497 e. The standard InChI is InChI=1S/C20H20F2N2O3/c1-27-16-5-2-14(3-6-16)19(25)13-23-8-10-24(11-9-23)20(26)15-4-7-17(21)18(22)12-15/h2-7,12H,8-11,13H2,1H3. The molecule has 1 amide bonds. The van der Waals surface area contributed by atoms with Crippen molar-refractivity contribution in [3.63, 3.8) is 0 Å². The zero-order chi connectivity index (χ0) is 19.4. The number of carbonyl (C=O) groups excluding carboxylic acids is 2. The summed E-state index contributed by atoms with van der Waals surface area (Å²) in [6.07, 6.45) is 0. The van der Waals surface area contributed by atoms with Crippen LogP contribution in [-0.4, -0.2) is 61.3 Å². The number of nitrogens with zero attached hydrogens (tertiary/aromatic N) is 2. The maximum absolute atomic E-state index is 13.3. The highest BCUT2D eigenvalue weighted by molar-refractivity contribution is 5.97. The molecular weight excluding hydrogens is 354 g/mol. The highest BCUT2D eigenvalue weighted by Gasteiger charge is 2.24. The molecule has 3 rings (SSSR count). The molecule has 2 aromatic carbocycles. The molecule has 1 aliphatic rings. The number of rotatable bonds is 5. The van der Waals surface area contributed by atoms with E-state index in [4.69, 9.17) is 4.74 Å². The highest BCUT2D eigenvalue weighted by atomic mass is 19.2. The van der Waals surface area contributed by atoms with Crippen molar-refractivity contribution in [1.82, 2.24) is 9.80 Å². The second kappa shape index (κ2) is 8.26. The minimum atomic E-state index is -1.04. The molecule has 1 heterocycles. The van der Waals surface area contributed by atoms with Crippen molar-refractivity contribution < 1.29 is 23.1 Å². The van der Waals surface area contributed by atoms with E-state index in [0.717, 1.165) is 12.1 Å². The Morgan fingerprint density at radius 2 is 1.56 bits per heavy atom. The third-order valence-corrected chi connectivity index (χ3v) is 4.61. The maximum atomic E-state index is 13.3. The zero-order valence-corrected chi connectivity index (χ0v) is 15.0. The van der Waals surface area contributed by atoms with Gasteiger partial charge < -0.3 is 9.64 Å². The van der Waals surface area contributed by atoms with Crippen molar-refractivity contribution in [2.24, 2.45) is 0 Å². The van der Waals surface area contributed by atoms with Gasteiger partial charge in [0.25, 0.3) is 5.91 Å². The van der Waals surface area contributed by atoms with Crippen LogP contribution in [0, 0.1) is 11.6 Å². The second-order valence-electron chi connectivity index (χ2n) is 6.35. The number of amides is 1. The fourth-order valence-corrected chi connectivity index (χ4v) is 2.99. The van der Waals surface area contributed by atoms with Crippen molar-refractivity contribution in [3.05, 3.63) is 65.2 Å². The molecule has 5 nitrogen and oxygen atoms in total. The van der Waals surface area contributed by atoms with E-state index in [2.05, 4.69) is 0 Å². The molecule has 0 atom stereocenters. The van der Waals surface area contributed by atoms with E-state index >= 15 is 0 Å². The Balaban J connectivity index is 1.54. The summed E-state index contributed by atoms with van der Waals surface area (Å²) in [7, 11) is 1.57. The number of ether oxygens (including phenoxy) is 1. The molecule has 0 saturated carbocycles. The Morgan fingerprint density at radius 1 is 0.926 bits per heavy atom. The Bertz CT molecular complexity index is 832. The van der Waals surface area contributed by atoms with Crippen LogP contribution in [0.15, 0.2) is 42.5 Å². The van der Waals surface area contributed by atoms with Gasteiger partial charge in [0.15, 0.2) is 17.4 Å². The number of Topliss-reactive ketones (excluding diaryl/α,β-unsaturated/α-hetero) is 1. The van der Waals surface area contributed by atoms with Crippen LogP contribution in [0.2, 0.25) is 0 Å². The molecule has 0 bridgehead atoms. The lowest BCUT2D eigenvalue weighted by atomic mass is 10.1. The summed E-state index contributed by atoms with van der Waals surface area (Å²) >= 11 is 0. The van der Waals surface area contributed by atoms with Crippen LogP contribution in [0.1, 0.15) is 20.7 Å². The van der Waals surface area contributed by atoms with Gasteiger partial charge in [0.1, 0.15) is 5.75 Å². The largest absolute Gasteiger partial charge is 0.497 e. The van der Waals surface area contributed by atoms with E-state index in [1.807, 2.05) is 4.90 Å². The monoisotopic (exact) mass is 374 g/mol.